The summed E-state index contributed by atoms with van der Waals surface area (Å²) in [5.74, 6) is 1.96. The zero-order valence-corrected chi connectivity index (χ0v) is 12.0. The molecule has 0 atom stereocenters. The highest BCUT2D eigenvalue weighted by Gasteiger charge is 2.40. The number of aryl methyl sites for hydroxylation is 1. The lowest BCUT2D eigenvalue weighted by Crippen LogP contribution is -2.32. The van der Waals surface area contributed by atoms with E-state index in [4.69, 9.17) is 0 Å². The summed E-state index contributed by atoms with van der Waals surface area (Å²) in [5.41, 5.74) is 2.71. The molecule has 0 heterocycles. The summed E-state index contributed by atoms with van der Waals surface area (Å²) in [6, 6.07) is 7.44. The van der Waals surface area contributed by atoms with E-state index in [0.29, 0.717) is 0 Å². The van der Waals surface area contributed by atoms with Crippen LogP contribution in [0.1, 0.15) is 36.8 Å². The van der Waals surface area contributed by atoms with Gasteiger partial charge in [-0.25, -0.2) is 0 Å². The standard InChI is InChI=1S/C15H20BrN/c1-10-2-3-13(14(16)8-10)9-17-15(11-4-5-11)12-6-7-12/h2-3,8,11-12,15,17H,4-7,9H2,1H3. The van der Waals surface area contributed by atoms with Crippen molar-refractivity contribution in [2.45, 2.75) is 45.2 Å². The summed E-state index contributed by atoms with van der Waals surface area (Å²) in [4.78, 5) is 0. The molecule has 2 fully saturated rings. The molecule has 0 bridgehead atoms. The van der Waals surface area contributed by atoms with Crippen LogP contribution in [0.2, 0.25) is 0 Å². The second kappa shape index (κ2) is 4.74. The number of halogens is 1. The average Bonchev–Trinajstić information content (AvgIpc) is 3.15. The van der Waals surface area contributed by atoms with E-state index in [-0.39, 0.29) is 0 Å². The summed E-state index contributed by atoms with van der Waals surface area (Å²) in [6.45, 7) is 3.15. The summed E-state index contributed by atoms with van der Waals surface area (Å²) < 4.78 is 1.25. The lowest BCUT2D eigenvalue weighted by atomic mass is 10.1. The first-order valence-corrected chi connectivity index (χ1v) is 7.52. The molecule has 2 aliphatic rings. The second-order valence-corrected chi connectivity index (χ2v) is 6.53. The summed E-state index contributed by atoms with van der Waals surface area (Å²) >= 11 is 3.66. The van der Waals surface area contributed by atoms with Crippen LogP contribution in [0.5, 0.6) is 0 Å². The summed E-state index contributed by atoms with van der Waals surface area (Å²) in [7, 11) is 0. The van der Waals surface area contributed by atoms with E-state index in [0.717, 1.165) is 24.4 Å². The Morgan fingerprint density at radius 2 is 1.88 bits per heavy atom. The van der Waals surface area contributed by atoms with Gasteiger partial charge < -0.3 is 5.32 Å². The van der Waals surface area contributed by atoms with Gasteiger partial charge in [0.25, 0.3) is 0 Å². The first-order chi connectivity index (χ1) is 8.24. The minimum absolute atomic E-state index is 0.795. The normalized spacial score (nSPS) is 19.9. The number of hydrogen-bond donors (Lipinski definition) is 1. The Bertz CT molecular complexity index is 395. The van der Waals surface area contributed by atoms with Gasteiger partial charge in [-0.05, 0) is 61.6 Å². The van der Waals surface area contributed by atoms with Gasteiger partial charge in [0, 0.05) is 17.1 Å². The van der Waals surface area contributed by atoms with Crippen LogP contribution in [0.15, 0.2) is 22.7 Å². The fraction of sp³-hybridized carbons (Fsp3) is 0.600. The van der Waals surface area contributed by atoms with Crippen molar-refractivity contribution in [2.75, 3.05) is 0 Å². The van der Waals surface area contributed by atoms with E-state index in [1.807, 2.05) is 0 Å². The van der Waals surface area contributed by atoms with Gasteiger partial charge in [-0.15, -0.1) is 0 Å². The molecule has 2 aliphatic carbocycles. The third kappa shape index (κ3) is 2.92. The van der Waals surface area contributed by atoms with Crippen LogP contribution in [0, 0.1) is 18.8 Å². The number of benzene rings is 1. The maximum Gasteiger partial charge on any atom is 0.0222 e. The molecule has 1 N–H and O–H groups in total. The van der Waals surface area contributed by atoms with Crippen molar-refractivity contribution >= 4 is 15.9 Å². The minimum Gasteiger partial charge on any atom is -0.309 e. The molecule has 0 aliphatic heterocycles. The van der Waals surface area contributed by atoms with Crippen molar-refractivity contribution in [3.8, 4) is 0 Å². The third-order valence-corrected chi connectivity index (χ3v) is 4.73. The van der Waals surface area contributed by atoms with Crippen LogP contribution in [0.3, 0.4) is 0 Å². The van der Waals surface area contributed by atoms with Crippen LogP contribution in [-0.4, -0.2) is 6.04 Å². The molecule has 0 unspecified atom stereocenters. The van der Waals surface area contributed by atoms with Gasteiger partial charge in [0.1, 0.15) is 0 Å². The molecular formula is C15H20BrN. The fourth-order valence-corrected chi connectivity index (χ4v) is 3.29. The van der Waals surface area contributed by atoms with E-state index in [9.17, 15) is 0 Å². The molecule has 2 saturated carbocycles. The lowest BCUT2D eigenvalue weighted by molar-refractivity contribution is 0.415. The monoisotopic (exact) mass is 293 g/mol. The molecule has 0 aromatic heterocycles. The number of nitrogens with one attached hydrogen (secondary N) is 1. The predicted molar refractivity (Wildman–Crippen MR) is 75.0 cm³/mol. The molecule has 1 aromatic rings. The van der Waals surface area contributed by atoms with E-state index in [2.05, 4.69) is 46.4 Å². The van der Waals surface area contributed by atoms with E-state index in [1.165, 1.54) is 41.3 Å². The fourth-order valence-electron chi connectivity index (χ4n) is 2.65. The quantitative estimate of drug-likeness (QED) is 0.864. The number of rotatable bonds is 5. The van der Waals surface area contributed by atoms with Crippen molar-refractivity contribution in [1.29, 1.82) is 0 Å². The van der Waals surface area contributed by atoms with Crippen LogP contribution in [-0.2, 0) is 6.54 Å². The van der Waals surface area contributed by atoms with Crippen LogP contribution in [0.25, 0.3) is 0 Å². The molecule has 3 rings (SSSR count). The van der Waals surface area contributed by atoms with Crippen molar-refractivity contribution in [3.63, 3.8) is 0 Å². The summed E-state index contributed by atoms with van der Waals surface area (Å²) in [6.07, 6.45) is 5.79. The van der Waals surface area contributed by atoms with Crippen molar-refractivity contribution in [3.05, 3.63) is 33.8 Å². The van der Waals surface area contributed by atoms with E-state index >= 15 is 0 Å². The highest BCUT2D eigenvalue weighted by atomic mass is 79.9. The van der Waals surface area contributed by atoms with Gasteiger partial charge >= 0.3 is 0 Å². The van der Waals surface area contributed by atoms with Gasteiger partial charge in [0.2, 0.25) is 0 Å². The molecule has 1 nitrogen and oxygen atoms in total. The zero-order chi connectivity index (χ0) is 11.8. The maximum absolute atomic E-state index is 3.79. The minimum atomic E-state index is 0.795. The first kappa shape index (κ1) is 11.7. The van der Waals surface area contributed by atoms with Crippen LogP contribution in [0.4, 0.5) is 0 Å². The Hall–Kier alpha value is -0.340. The molecule has 0 saturated heterocycles. The number of hydrogen-bond acceptors (Lipinski definition) is 1. The van der Waals surface area contributed by atoms with Crippen LogP contribution < -0.4 is 5.32 Å². The Kier molecular flexibility index (Phi) is 3.27. The van der Waals surface area contributed by atoms with Gasteiger partial charge in [-0.3, -0.25) is 0 Å². The molecule has 0 spiro atoms. The Morgan fingerprint density at radius 1 is 1.24 bits per heavy atom. The Morgan fingerprint density at radius 3 is 2.41 bits per heavy atom. The van der Waals surface area contributed by atoms with Crippen LogP contribution >= 0.6 is 15.9 Å². The van der Waals surface area contributed by atoms with Crippen molar-refractivity contribution < 1.29 is 0 Å². The Balaban J connectivity index is 1.62. The highest BCUT2D eigenvalue weighted by molar-refractivity contribution is 9.10. The first-order valence-electron chi connectivity index (χ1n) is 6.72. The largest absolute Gasteiger partial charge is 0.309 e. The molecular weight excluding hydrogens is 274 g/mol. The van der Waals surface area contributed by atoms with Gasteiger partial charge in [0.15, 0.2) is 0 Å². The molecule has 17 heavy (non-hydrogen) atoms. The predicted octanol–water partition coefficient (Wildman–Crippen LogP) is 4.04. The topological polar surface area (TPSA) is 12.0 Å². The zero-order valence-electron chi connectivity index (χ0n) is 10.4. The third-order valence-electron chi connectivity index (χ3n) is 4.00. The molecule has 2 heteroatoms. The van der Waals surface area contributed by atoms with Crippen molar-refractivity contribution in [1.82, 2.24) is 5.32 Å². The maximum atomic E-state index is 3.79. The van der Waals surface area contributed by atoms with Gasteiger partial charge in [-0.2, -0.15) is 0 Å². The average molecular weight is 294 g/mol. The smallest absolute Gasteiger partial charge is 0.0222 e. The molecule has 0 radical (unpaired) electrons. The highest BCUT2D eigenvalue weighted by Crippen LogP contribution is 2.44. The van der Waals surface area contributed by atoms with E-state index < -0.39 is 0 Å². The lowest BCUT2D eigenvalue weighted by Gasteiger charge is -2.18. The second-order valence-electron chi connectivity index (χ2n) is 5.68. The molecule has 92 valence electrons. The van der Waals surface area contributed by atoms with E-state index in [1.54, 1.807) is 0 Å². The molecule has 0 amide bonds. The SMILES string of the molecule is Cc1ccc(CNC(C2CC2)C2CC2)c(Br)c1. The van der Waals surface area contributed by atoms with Gasteiger partial charge in [-0.1, -0.05) is 28.1 Å². The molecule has 1 aromatic carbocycles. The van der Waals surface area contributed by atoms with Crippen molar-refractivity contribution in [2.24, 2.45) is 11.8 Å². The van der Waals surface area contributed by atoms with Gasteiger partial charge in [0.05, 0.1) is 0 Å². The Labute approximate surface area is 112 Å². The summed E-state index contributed by atoms with van der Waals surface area (Å²) in [5, 5.41) is 3.79.